The highest BCUT2D eigenvalue weighted by molar-refractivity contribution is 6.31. The van der Waals surface area contributed by atoms with Crippen LogP contribution < -0.4 is 10.2 Å². The van der Waals surface area contributed by atoms with Crippen LogP contribution in [0.4, 0.5) is 11.4 Å². The van der Waals surface area contributed by atoms with Crippen LogP contribution >= 0.6 is 11.6 Å². The Morgan fingerprint density at radius 1 is 1.17 bits per heavy atom. The van der Waals surface area contributed by atoms with Crippen molar-refractivity contribution in [3.8, 4) is 0 Å². The van der Waals surface area contributed by atoms with Crippen molar-refractivity contribution in [1.82, 2.24) is 0 Å². The van der Waals surface area contributed by atoms with Gasteiger partial charge in [0.05, 0.1) is 5.92 Å². The van der Waals surface area contributed by atoms with Gasteiger partial charge in [0.25, 0.3) is 0 Å². The molecule has 24 heavy (non-hydrogen) atoms. The summed E-state index contributed by atoms with van der Waals surface area (Å²) in [6.45, 7) is 4.35. The molecule has 0 aromatic heterocycles. The van der Waals surface area contributed by atoms with Gasteiger partial charge in [0.2, 0.25) is 11.8 Å². The Labute approximate surface area is 146 Å². The summed E-state index contributed by atoms with van der Waals surface area (Å²) in [6, 6.07) is 13.0. The van der Waals surface area contributed by atoms with E-state index in [0.717, 1.165) is 22.5 Å². The maximum absolute atomic E-state index is 12.5. The lowest BCUT2D eigenvalue weighted by Crippen LogP contribution is -2.28. The molecule has 0 bridgehead atoms. The molecule has 0 aliphatic carbocycles. The Morgan fingerprint density at radius 3 is 2.54 bits per heavy atom. The first kappa shape index (κ1) is 16.5. The molecule has 1 aliphatic rings. The van der Waals surface area contributed by atoms with Crippen LogP contribution in [0.25, 0.3) is 0 Å². The highest BCUT2D eigenvalue weighted by Gasteiger charge is 2.35. The Hall–Kier alpha value is -2.33. The van der Waals surface area contributed by atoms with Gasteiger partial charge in [0.15, 0.2) is 0 Å². The lowest BCUT2D eigenvalue weighted by molar-refractivity contribution is -0.122. The average molecular weight is 343 g/mol. The quantitative estimate of drug-likeness (QED) is 0.918. The molecule has 1 aliphatic heterocycles. The number of benzene rings is 2. The van der Waals surface area contributed by atoms with E-state index in [1.807, 2.05) is 32.0 Å². The van der Waals surface area contributed by atoms with Crippen molar-refractivity contribution in [3.05, 3.63) is 58.6 Å². The standard InChI is InChI=1S/C19H19ClN2O2/c1-12-6-13(2)8-16(7-12)21-19(24)14-9-18(23)22(11-14)17-5-3-4-15(20)10-17/h3-8,10,14H,9,11H2,1-2H3,(H,21,24)/t14-/m1/s1. The Balaban J connectivity index is 1.72. The maximum Gasteiger partial charge on any atom is 0.229 e. The number of aryl methyl sites for hydroxylation is 2. The predicted octanol–water partition coefficient (Wildman–Crippen LogP) is 3.95. The van der Waals surface area contributed by atoms with Crippen LogP contribution in [-0.2, 0) is 9.59 Å². The second-order valence-electron chi connectivity index (χ2n) is 6.25. The normalized spacial score (nSPS) is 17.2. The summed E-state index contributed by atoms with van der Waals surface area (Å²) < 4.78 is 0. The number of hydrogen-bond donors (Lipinski definition) is 1. The number of rotatable bonds is 3. The van der Waals surface area contributed by atoms with E-state index in [1.165, 1.54) is 0 Å². The van der Waals surface area contributed by atoms with Gasteiger partial charge in [-0.2, -0.15) is 0 Å². The molecule has 0 unspecified atom stereocenters. The minimum absolute atomic E-state index is 0.0576. The van der Waals surface area contributed by atoms with E-state index in [2.05, 4.69) is 11.4 Å². The first-order valence-corrected chi connectivity index (χ1v) is 8.25. The number of hydrogen-bond acceptors (Lipinski definition) is 2. The number of nitrogens with zero attached hydrogens (tertiary/aromatic N) is 1. The highest BCUT2D eigenvalue weighted by Crippen LogP contribution is 2.28. The number of carbonyl (C=O) groups is 2. The zero-order chi connectivity index (χ0) is 17.3. The van der Waals surface area contributed by atoms with E-state index in [0.29, 0.717) is 11.6 Å². The molecule has 0 radical (unpaired) electrons. The highest BCUT2D eigenvalue weighted by atomic mass is 35.5. The number of nitrogens with one attached hydrogen (secondary N) is 1. The van der Waals surface area contributed by atoms with Crippen LogP contribution in [0.15, 0.2) is 42.5 Å². The third kappa shape index (κ3) is 3.60. The van der Waals surface area contributed by atoms with Gasteiger partial charge >= 0.3 is 0 Å². The molecule has 1 heterocycles. The molecule has 1 fully saturated rings. The van der Waals surface area contributed by atoms with Gasteiger partial charge in [-0.25, -0.2) is 0 Å². The van der Waals surface area contributed by atoms with E-state index in [9.17, 15) is 9.59 Å². The largest absolute Gasteiger partial charge is 0.326 e. The molecule has 0 spiro atoms. The predicted molar refractivity (Wildman–Crippen MR) is 96.5 cm³/mol. The van der Waals surface area contributed by atoms with Gasteiger partial charge in [-0.05, 0) is 55.3 Å². The second-order valence-corrected chi connectivity index (χ2v) is 6.69. The lowest BCUT2D eigenvalue weighted by atomic mass is 10.1. The van der Waals surface area contributed by atoms with Gasteiger partial charge in [0, 0.05) is 29.4 Å². The molecule has 0 saturated carbocycles. The van der Waals surface area contributed by atoms with Crippen LogP contribution in [0, 0.1) is 19.8 Å². The fraction of sp³-hybridized carbons (Fsp3) is 0.263. The molecule has 124 valence electrons. The zero-order valence-electron chi connectivity index (χ0n) is 13.7. The number of anilines is 2. The molecule has 2 aromatic carbocycles. The third-order valence-corrected chi connectivity index (χ3v) is 4.34. The SMILES string of the molecule is Cc1cc(C)cc(NC(=O)[C@@H]2CC(=O)N(c3cccc(Cl)c3)C2)c1. The van der Waals surface area contributed by atoms with E-state index < -0.39 is 0 Å². The summed E-state index contributed by atoms with van der Waals surface area (Å²) in [5.74, 6) is -0.548. The lowest BCUT2D eigenvalue weighted by Gasteiger charge is -2.17. The summed E-state index contributed by atoms with van der Waals surface area (Å²) >= 11 is 5.99. The second kappa shape index (κ2) is 6.65. The fourth-order valence-electron chi connectivity index (χ4n) is 3.07. The number of halogens is 1. The molecule has 2 amide bonds. The molecule has 4 nitrogen and oxygen atoms in total. The van der Waals surface area contributed by atoms with E-state index in [-0.39, 0.29) is 24.2 Å². The van der Waals surface area contributed by atoms with Gasteiger partial charge < -0.3 is 10.2 Å². The first-order chi connectivity index (χ1) is 11.4. The fourth-order valence-corrected chi connectivity index (χ4v) is 3.25. The third-order valence-electron chi connectivity index (χ3n) is 4.10. The number of carbonyl (C=O) groups excluding carboxylic acids is 2. The summed E-state index contributed by atoms with van der Waals surface area (Å²) in [4.78, 5) is 26.4. The van der Waals surface area contributed by atoms with Crippen molar-refractivity contribution in [2.24, 2.45) is 5.92 Å². The van der Waals surface area contributed by atoms with Crippen molar-refractivity contribution in [2.45, 2.75) is 20.3 Å². The van der Waals surface area contributed by atoms with Crippen LogP contribution in [0.1, 0.15) is 17.5 Å². The summed E-state index contributed by atoms with van der Waals surface area (Å²) in [5.41, 5.74) is 3.68. The molecule has 5 heteroatoms. The van der Waals surface area contributed by atoms with E-state index in [4.69, 9.17) is 11.6 Å². The van der Waals surface area contributed by atoms with Crippen LogP contribution in [-0.4, -0.2) is 18.4 Å². The Morgan fingerprint density at radius 2 is 1.88 bits per heavy atom. The molecule has 1 saturated heterocycles. The minimum Gasteiger partial charge on any atom is -0.326 e. The Kier molecular flexibility index (Phi) is 4.58. The van der Waals surface area contributed by atoms with Crippen molar-refractivity contribution < 1.29 is 9.59 Å². The zero-order valence-corrected chi connectivity index (χ0v) is 14.4. The Bertz CT molecular complexity index is 783. The van der Waals surface area contributed by atoms with Crippen molar-refractivity contribution in [2.75, 3.05) is 16.8 Å². The smallest absolute Gasteiger partial charge is 0.229 e. The monoisotopic (exact) mass is 342 g/mol. The van der Waals surface area contributed by atoms with Crippen molar-refractivity contribution >= 4 is 34.8 Å². The molecule has 1 N–H and O–H groups in total. The molecule has 2 aromatic rings. The maximum atomic E-state index is 12.5. The van der Waals surface area contributed by atoms with E-state index in [1.54, 1.807) is 23.1 Å². The number of amides is 2. The molecule has 1 atom stereocenters. The topological polar surface area (TPSA) is 49.4 Å². The van der Waals surface area contributed by atoms with Gasteiger partial charge in [0.1, 0.15) is 0 Å². The van der Waals surface area contributed by atoms with E-state index >= 15 is 0 Å². The van der Waals surface area contributed by atoms with Crippen LogP contribution in [0.5, 0.6) is 0 Å². The van der Waals surface area contributed by atoms with Crippen molar-refractivity contribution in [3.63, 3.8) is 0 Å². The molecular weight excluding hydrogens is 324 g/mol. The van der Waals surface area contributed by atoms with Gasteiger partial charge in [-0.1, -0.05) is 23.7 Å². The van der Waals surface area contributed by atoms with Gasteiger partial charge in [-0.3, -0.25) is 9.59 Å². The summed E-state index contributed by atoms with van der Waals surface area (Å²) in [5, 5.41) is 3.50. The summed E-state index contributed by atoms with van der Waals surface area (Å²) in [6.07, 6.45) is 0.211. The van der Waals surface area contributed by atoms with Gasteiger partial charge in [-0.15, -0.1) is 0 Å². The average Bonchev–Trinajstić information content (AvgIpc) is 2.88. The molecular formula is C19H19ClN2O2. The van der Waals surface area contributed by atoms with Crippen LogP contribution in [0.3, 0.4) is 0 Å². The first-order valence-electron chi connectivity index (χ1n) is 7.87. The molecule has 3 rings (SSSR count). The van der Waals surface area contributed by atoms with Crippen LogP contribution in [0.2, 0.25) is 5.02 Å². The minimum atomic E-state index is -0.364. The summed E-state index contributed by atoms with van der Waals surface area (Å²) in [7, 11) is 0. The van der Waals surface area contributed by atoms with Crippen molar-refractivity contribution in [1.29, 1.82) is 0 Å².